The smallest absolute Gasteiger partial charge is 0.208 e. The molecular formula is C17H18F3NO2S. The van der Waals surface area contributed by atoms with Gasteiger partial charge in [-0.1, -0.05) is 42.5 Å². The average Bonchev–Trinajstić information content (AvgIpc) is 2.53. The van der Waals surface area contributed by atoms with Gasteiger partial charge in [-0.2, -0.15) is 13.2 Å². The quantitative estimate of drug-likeness (QED) is 0.849. The summed E-state index contributed by atoms with van der Waals surface area (Å²) in [4.78, 5) is -0.746. The van der Waals surface area contributed by atoms with E-state index in [4.69, 9.17) is 0 Å². The van der Waals surface area contributed by atoms with Gasteiger partial charge in [0.15, 0.2) is 0 Å². The van der Waals surface area contributed by atoms with Gasteiger partial charge in [0, 0.05) is 6.04 Å². The lowest BCUT2D eigenvalue weighted by Gasteiger charge is -2.17. The minimum atomic E-state index is -4.72. The molecule has 0 saturated carbocycles. The van der Waals surface area contributed by atoms with Crippen LogP contribution in [0.4, 0.5) is 13.2 Å². The van der Waals surface area contributed by atoms with Gasteiger partial charge in [-0.3, -0.25) is 0 Å². The Morgan fingerprint density at radius 3 is 2.21 bits per heavy atom. The molecule has 2 aromatic rings. The SMILES string of the molecule is C[C@H](CCc1ccccc1)NS(=O)(=O)c1ccccc1C(F)(F)F. The Kier molecular flexibility index (Phi) is 5.66. The fourth-order valence-electron chi connectivity index (χ4n) is 2.35. The standard InChI is InChI=1S/C17H18F3NO2S/c1-13(11-12-14-7-3-2-4-8-14)21-24(22,23)16-10-6-5-9-15(16)17(18,19)20/h2-10,13,21H,11-12H2,1H3/t13-/m1/s1. The lowest BCUT2D eigenvalue weighted by atomic mass is 10.1. The predicted octanol–water partition coefficient (Wildman–Crippen LogP) is 4.01. The van der Waals surface area contributed by atoms with E-state index >= 15 is 0 Å². The Labute approximate surface area is 139 Å². The van der Waals surface area contributed by atoms with Crippen LogP contribution in [0.2, 0.25) is 0 Å². The molecule has 3 nitrogen and oxygen atoms in total. The Morgan fingerprint density at radius 1 is 1.00 bits per heavy atom. The minimum absolute atomic E-state index is 0.484. The highest BCUT2D eigenvalue weighted by molar-refractivity contribution is 7.89. The normalized spacial score (nSPS) is 13.7. The number of hydrogen-bond donors (Lipinski definition) is 1. The van der Waals surface area contributed by atoms with Crippen LogP contribution in [0.3, 0.4) is 0 Å². The van der Waals surface area contributed by atoms with Crippen LogP contribution >= 0.6 is 0 Å². The maximum atomic E-state index is 13.0. The summed E-state index contributed by atoms with van der Waals surface area (Å²) in [5.41, 5.74) is -0.119. The maximum absolute atomic E-state index is 13.0. The van der Waals surface area contributed by atoms with Gasteiger partial charge >= 0.3 is 6.18 Å². The number of halogens is 3. The largest absolute Gasteiger partial charge is 0.417 e. The third-order valence-electron chi connectivity index (χ3n) is 3.55. The van der Waals surface area contributed by atoms with Crippen molar-refractivity contribution in [1.82, 2.24) is 4.72 Å². The number of nitrogens with one attached hydrogen (secondary N) is 1. The molecule has 1 N–H and O–H groups in total. The first-order valence-electron chi connectivity index (χ1n) is 7.42. The van der Waals surface area contributed by atoms with Crippen LogP contribution in [0.5, 0.6) is 0 Å². The second-order valence-electron chi connectivity index (χ2n) is 5.54. The molecular weight excluding hydrogens is 339 g/mol. The Hall–Kier alpha value is -1.86. The lowest BCUT2D eigenvalue weighted by Crippen LogP contribution is -2.34. The van der Waals surface area contributed by atoms with Gasteiger partial charge in [0.25, 0.3) is 0 Å². The average molecular weight is 357 g/mol. The molecule has 0 bridgehead atoms. The summed E-state index contributed by atoms with van der Waals surface area (Å²) in [7, 11) is -4.25. The third kappa shape index (κ3) is 4.82. The van der Waals surface area contributed by atoms with Crippen molar-refractivity contribution in [1.29, 1.82) is 0 Å². The van der Waals surface area contributed by atoms with Crippen LogP contribution < -0.4 is 4.72 Å². The van der Waals surface area contributed by atoms with E-state index in [0.717, 1.165) is 17.7 Å². The molecule has 0 amide bonds. The van der Waals surface area contributed by atoms with Crippen LogP contribution in [0.1, 0.15) is 24.5 Å². The number of benzene rings is 2. The van der Waals surface area contributed by atoms with Crippen molar-refractivity contribution in [2.24, 2.45) is 0 Å². The van der Waals surface area contributed by atoms with E-state index in [1.54, 1.807) is 6.92 Å². The summed E-state index contributed by atoms with van der Waals surface area (Å²) in [6.07, 6.45) is -3.61. The zero-order valence-corrected chi connectivity index (χ0v) is 13.9. The van der Waals surface area contributed by atoms with Gasteiger partial charge in [0.05, 0.1) is 10.5 Å². The first-order valence-corrected chi connectivity index (χ1v) is 8.91. The zero-order valence-electron chi connectivity index (χ0n) is 13.0. The van der Waals surface area contributed by atoms with Crippen molar-refractivity contribution in [3.05, 3.63) is 65.7 Å². The van der Waals surface area contributed by atoms with Crippen molar-refractivity contribution < 1.29 is 21.6 Å². The second-order valence-corrected chi connectivity index (χ2v) is 7.22. The number of rotatable bonds is 6. The molecule has 24 heavy (non-hydrogen) atoms. The molecule has 0 unspecified atom stereocenters. The first-order chi connectivity index (χ1) is 11.2. The summed E-state index contributed by atoms with van der Waals surface area (Å²) in [5, 5.41) is 0. The molecule has 7 heteroatoms. The monoisotopic (exact) mass is 357 g/mol. The van der Waals surface area contributed by atoms with Gasteiger partial charge in [0.2, 0.25) is 10.0 Å². The highest BCUT2D eigenvalue weighted by atomic mass is 32.2. The highest BCUT2D eigenvalue weighted by Crippen LogP contribution is 2.33. The van der Waals surface area contributed by atoms with Crippen molar-refractivity contribution in [2.45, 2.75) is 36.9 Å². The molecule has 0 aliphatic heterocycles. The minimum Gasteiger partial charge on any atom is -0.208 e. The molecule has 0 radical (unpaired) electrons. The van der Waals surface area contributed by atoms with E-state index in [1.165, 1.54) is 12.1 Å². The van der Waals surface area contributed by atoms with Crippen molar-refractivity contribution in [2.75, 3.05) is 0 Å². The maximum Gasteiger partial charge on any atom is 0.417 e. The van der Waals surface area contributed by atoms with Crippen molar-refractivity contribution in [3.63, 3.8) is 0 Å². The molecule has 2 aromatic carbocycles. The fraction of sp³-hybridized carbons (Fsp3) is 0.294. The van der Waals surface area contributed by atoms with E-state index in [1.807, 2.05) is 30.3 Å². The molecule has 0 spiro atoms. The summed E-state index contributed by atoms with van der Waals surface area (Å²) >= 11 is 0. The van der Waals surface area contributed by atoms with Crippen LogP contribution in [0.15, 0.2) is 59.5 Å². The summed E-state index contributed by atoms with van der Waals surface area (Å²) in [5.74, 6) is 0. The first kappa shape index (κ1) is 18.5. The molecule has 0 fully saturated rings. The number of sulfonamides is 1. The summed E-state index contributed by atoms with van der Waals surface area (Å²) in [6, 6.07) is 13.2. The Morgan fingerprint density at radius 2 is 1.58 bits per heavy atom. The zero-order chi connectivity index (χ0) is 17.8. The van der Waals surface area contributed by atoms with Crippen molar-refractivity contribution >= 4 is 10.0 Å². The molecule has 0 saturated heterocycles. The van der Waals surface area contributed by atoms with E-state index in [9.17, 15) is 21.6 Å². The predicted molar refractivity (Wildman–Crippen MR) is 86.0 cm³/mol. The molecule has 0 aliphatic rings. The Bertz CT molecular complexity index is 774. The van der Waals surface area contributed by atoms with Gasteiger partial charge in [-0.15, -0.1) is 0 Å². The van der Waals surface area contributed by atoms with Crippen molar-refractivity contribution in [3.8, 4) is 0 Å². The summed E-state index contributed by atoms with van der Waals surface area (Å²) < 4.78 is 65.9. The van der Waals surface area contributed by atoms with Crippen LogP contribution in [-0.2, 0) is 22.6 Å². The fourth-order valence-corrected chi connectivity index (χ4v) is 3.86. The molecule has 0 aromatic heterocycles. The van der Waals surface area contributed by atoms with Gasteiger partial charge in [-0.25, -0.2) is 13.1 Å². The molecule has 2 rings (SSSR count). The van der Waals surface area contributed by atoms with E-state index in [0.29, 0.717) is 12.8 Å². The number of alkyl halides is 3. The van der Waals surface area contributed by atoms with Crippen LogP contribution in [0.25, 0.3) is 0 Å². The van der Waals surface area contributed by atoms with Gasteiger partial charge in [0.1, 0.15) is 0 Å². The second kappa shape index (κ2) is 7.36. The van der Waals surface area contributed by atoms with Gasteiger partial charge < -0.3 is 0 Å². The topological polar surface area (TPSA) is 46.2 Å². The Balaban J connectivity index is 2.11. The van der Waals surface area contributed by atoms with E-state index in [-0.39, 0.29) is 0 Å². The summed E-state index contributed by atoms with van der Waals surface area (Å²) in [6.45, 7) is 1.64. The van der Waals surface area contributed by atoms with E-state index < -0.39 is 32.7 Å². The lowest BCUT2D eigenvalue weighted by molar-refractivity contribution is -0.139. The number of hydrogen-bond acceptors (Lipinski definition) is 2. The number of aryl methyl sites for hydroxylation is 1. The molecule has 0 aliphatic carbocycles. The van der Waals surface area contributed by atoms with E-state index in [2.05, 4.69) is 4.72 Å². The van der Waals surface area contributed by atoms with Gasteiger partial charge in [-0.05, 0) is 37.5 Å². The highest BCUT2D eigenvalue weighted by Gasteiger charge is 2.37. The molecule has 130 valence electrons. The molecule has 0 heterocycles. The van der Waals surface area contributed by atoms with Crippen LogP contribution in [-0.4, -0.2) is 14.5 Å². The molecule has 1 atom stereocenters. The van der Waals surface area contributed by atoms with Crippen LogP contribution in [0, 0.1) is 0 Å². The third-order valence-corrected chi connectivity index (χ3v) is 5.19.